The van der Waals surface area contributed by atoms with E-state index in [1.165, 1.54) is 11.3 Å². The minimum Gasteiger partial charge on any atom is -0.330 e. The van der Waals surface area contributed by atoms with E-state index in [9.17, 15) is 4.79 Å². The molecule has 1 aliphatic rings. The number of amides is 1. The molecule has 3 heterocycles. The number of halogens is 2. The SMILES string of the molecule is CC1C(=O)Nc2ccc(-c3csc(Nc4ccc(Cl)nc4)n3)cc21.Cl. The summed E-state index contributed by atoms with van der Waals surface area (Å²) in [5, 5.41) is 9.31. The number of thiazole rings is 1. The Hall–Kier alpha value is -2.15. The number of anilines is 3. The molecule has 1 aliphatic heterocycles. The van der Waals surface area contributed by atoms with Gasteiger partial charge in [0, 0.05) is 16.6 Å². The van der Waals surface area contributed by atoms with E-state index >= 15 is 0 Å². The van der Waals surface area contributed by atoms with Crippen LogP contribution in [0.1, 0.15) is 18.4 Å². The van der Waals surface area contributed by atoms with Crippen LogP contribution in [0.5, 0.6) is 0 Å². The Morgan fingerprint density at radius 1 is 1.28 bits per heavy atom. The number of hydrogen-bond donors (Lipinski definition) is 2. The van der Waals surface area contributed by atoms with Crippen LogP contribution in [0.2, 0.25) is 5.15 Å². The van der Waals surface area contributed by atoms with Crippen LogP contribution in [0, 0.1) is 0 Å². The van der Waals surface area contributed by atoms with Crippen molar-refractivity contribution in [3.8, 4) is 11.3 Å². The zero-order valence-electron chi connectivity index (χ0n) is 13.1. The monoisotopic (exact) mass is 392 g/mol. The lowest BCUT2D eigenvalue weighted by atomic mass is 10.00. The molecule has 1 aromatic carbocycles. The van der Waals surface area contributed by atoms with Gasteiger partial charge in [-0.2, -0.15) is 0 Å². The highest BCUT2D eigenvalue weighted by Gasteiger charge is 2.26. The maximum atomic E-state index is 11.8. The van der Waals surface area contributed by atoms with Gasteiger partial charge in [0.05, 0.1) is 23.5 Å². The molecular weight excluding hydrogens is 379 g/mol. The van der Waals surface area contributed by atoms with Crippen molar-refractivity contribution in [3.05, 3.63) is 52.6 Å². The van der Waals surface area contributed by atoms with Crippen molar-refractivity contribution in [2.75, 3.05) is 10.6 Å². The third-order valence-corrected chi connectivity index (χ3v) is 4.93. The second-order valence-electron chi connectivity index (χ2n) is 5.55. The number of nitrogens with zero attached hydrogens (tertiary/aromatic N) is 2. The van der Waals surface area contributed by atoms with E-state index in [0.29, 0.717) is 5.15 Å². The zero-order chi connectivity index (χ0) is 16.7. The molecule has 0 spiro atoms. The first kappa shape index (κ1) is 17.7. The lowest BCUT2D eigenvalue weighted by Gasteiger charge is -2.04. The number of carbonyl (C=O) groups is 1. The number of rotatable bonds is 3. The van der Waals surface area contributed by atoms with E-state index in [4.69, 9.17) is 11.6 Å². The minimum absolute atomic E-state index is 0. The Kier molecular flexibility index (Phi) is 4.94. The number of aromatic nitrogens is 2. The van der Waals surface area contributed by atoms with Gasteiger partial charge in [-0.1, -0.05) is 17.7 Å². The Bertz CT molecular complexity index is 927. The summed E-state index contributed by atoms with van der Waals surface area (Å²) in [6.07, 6.45) is 1.66. The molecule has 3 aromatic rings. The number of fused-ring (bicyclic) bond motifs is 1. The van der Waals surface area contributed by atoms with E-state index in [1.54, 1.807) is 12.3 Å². The Morgan fingerprint density at radius 3 is 2.88 bits per heavy atom. The molecule has 1 unspecified atom stereocenters. The van der Waals surface area contributed by atoms with Crippen molar-refractivity contribution < 1.29 is 4.79 Å². The first-order chi connectivity index (χ1) is 11.6. The molecule has 5 nitrogen and oxygen atoms in total. The molecule has 0 radical (unpaired) electrons. The van der Waals surface area contributed by atoms with Crippen LogP contribution in [0.3, 0.4) is 0 Å². The summed E-state index contributed by atoms with van der Waals surface area (Å²) in [6, 6.07) is 9.51. The zero-order valence-corrected chi connectivity index (χ0v) is 15.5. The molecule has 2 aromatic heterocycles. The van der Waals surface area contributed by atoms with Gasteiger partial charge in [0.2, 0.25) is 5.91 Å². The highest BCUT2D eigenvalue weighted by Crippen LogP contribution is 2.36. The summed E-state index contributed by atoms with van der Waals surface area (Å²) in [4.78, 5) is 20.4. The molecule has 8 heteroatoms. The van der Waals surface area contributed by atoms with Crippen molar-refractivity contribution in [3.63, 3.8) is 0 Å². The van der Waals surface area contributed by atoms with Crippen molar-refractivity contribution in [1.82, 2.24) is 9.97 Å². The lowest BCUT2D eigenvalue weighted by molar-refractivity contribution is -0.116. The van der Waals surface area contributed by atoms with Gasteiger partial charge in [0.1, 0.15) is 5.15 Å². The second kappa shape index (κ2) is 7.00. The largest absolute Gasteiger partial charge is 0.330 e. The van der Waals surface area contributed by atoms with Crippen molar-refractivity contribution in [2.24, 2.45) is 0 Å². The van der Waals surface area contributed by atoms with Gasteiger partial charge in [-0.15, -0.1) is 23.7 Å². The summed E-state index contributed by atoms with van der Waals surface area (Å²) >= 11 is 7.30. The minimum atomic E-state index is -0.128. The second-order valence-corrected chi connectivity index (χ2v) is 6.79. The maximum Gasteiger partial charge on any atom is 0.231 e. The first-order valence-electron chi connectivity index (χ1n) is 7.39. The summed E-state index contributed by atoms with van der Waals surface area (Å²) in [5.41, 5.74) is 4.60. The normalized spacial score (nSPS) is 15.3. The third-order valence-electron chi connectivity index (χ3n) is 3.95. The number of hydrogen-bond acceptors (Lipinski definition) is 5. The fraction of sp³-hybridized carbons (Fsp3) is 0.118. The Labute approximate surface area is 159 Å². The molecule has 0 saturated carbocycles. The van der Waals surface area contributed by atoms with E-state index in [-0.39, 0.29) is 24.2 Å². The van der Waals surface area contributed by atoms with E-state index in [1.807, 2.05) is 36.6 Å². The highest BCUT2D eigenvalue weighted by atomic mass is 35.5. The van der Waals surface area contributed by atoms with Crippen LogP contribution >= 0.6 is 35.3 Å². The Morgan fingerprint density at radius 2 is 2.12 bits per heavy atom. The van der Waals surface area contributed by atoms with Crippen LogP contribution < -0.4 is 10.6 Å². The molecule has 128 valence electrons. The van der Waals surface area contributed by atoms with Crippen molar-refractivity contribution >= 4 is 57.8 Å². The molecule has 0 aliphatic carbocycles. The molecule has 25 heavy (non-hydrogen) atoms. The predicted molar refractivity (Wildman–Crippen MR) is 104 cm³/mol. The van der Waals surface area contributed by atoms with Crippen LogP contribution in [0.25, 0.3) is 11.3 Å². The first-order valence-corrected chi connectivity index (χ1v) is 8.65. The molecule has 4 rings (SSSR count). The molecule has 0 saturated heterocycles. The number of carbonyl (C=O) groups excluding carboxylic acids is 1. The molecular formula is C17H14Cl2N4OS. The van der Waals surface area contributed by atoms with Crippen molar-refractivity contribution in [1.29, 1.82) is 0 Å². The maximum absolute atomic E-state index is 11.8. The topological polar surface area (TPSA) is 66.9 Å². The number of nitrogens with one attached hydrogen (secondary N) is 2. The lowest BCUT2D eigenvalue weighted by Crippen LogP contribution is -2.08. The van der Waals surface area contributed by atoms with Gasteiger partial charge in [0.25, 0.3) is 0 Å². The van der Waals surface area contributed by atoms with Gasteiger partial charge in [-0.25, -0.2) is 9.97 Å². The van der Waals surface area contributed by atoms with Gasteiger partial charge < -0.3 is 10.6 Å². The molecule has 1 atom stereocenters. The van der Waals surface area contributed by atoms with Gasteiger partial charge in [-0.05, 0) is 36.8 Å². The smallest absolute Gasteiger partial charge is 0.231 e. The quantitative estimate of drug-likeness (QED) is 0.609. The average Bonchev–Trinajstić information content (AvgIpc) is 3.15. The fourth-order valence-electron chi connectivity index (χ4n) is 2.61. The van der Waals surface area contributed by atoms with Crippen molar-refractivity contribution in [2.45, 2.75) is 12.8 Å². The number of pyridine rings is 1. The molecule has 1 amide bonds. The predicted octanol–water partition coefficient (Wildman–Crippen LogP) is 5.08. The average molecular weight is 393 g/mol. The third kappa shape index (κ3) is 3.46. The molecule has 0 fully saturated rings. The summed E-state index contributed by atoms with van der Waals surface area (Å²) in [7, 11) is 0. The fourth-order valence-corrected chi connectivity index (χ4v) is 3.46. The van der Waals surface area contributed by atoms with E-state index in [0.717, 1.165) is 33.3 Å². The summed E-state index contributed by atoms with van der Waals surface area (Å²) < 4.78 is 0. The summed E-state index contributed by atoms with van der Waals surface area (Å²) in [5.74, 6) is -0.0886. The molecule has 0 bridgehead atoms. The van der Waals surface area contributed by atoms with Crippen LogP contribution in [0.4, 0.5) is 16.5 Å². The van der Waals surface area contributed by atoms with E-state index in [2.05, 4.69) is 20.6 Å². The van der Waals surface area contributed by atoms with Gasteiger partial charge >= 0.3 is 0 Å². The Balaban J connectivity index is 0.00000182. The van der Waals surface area contributed by atoms with Crippen LogP contribution in [0.15, 0.2) is 41.9 Å². The highest BCUT2D eigenvalue weighted by molar-refractivity contribution is 7.14. The molecule has 2 N–H and O–H groups in total. The van der Waals surface area contributed by atoms with Crippen LogP contribution in [-0.2, 0) is 4.79 Å². The van der Waals surface area contributed by atoms with E-state index < -0.39 is 0 Å². The van der Waals surface area contributed by atoms with Crippen LogP contribution in [-0.4, -0.2) is 15.9 Å². The number of benzene rings is 1. The van der Waals surface area contributed by atoms with Gasteiger partial charge in [0.15, 0.2) is 5.13 Å². The summed E-state index contributed by atoms with van der Waals surface area (Å²) in [6.45, 7) is 1.91. The van der Waals surface area contributed by atoms with Gasteiger partial charge in [-0.3, -0.25) is 4.79 Å². The standard InChI is InChI=1S/C17H13ClN4OS.ClH/c1-9-12-6-10(2-4-13(12)21-16(9)23)14-8-24-17(22-14)20-11-3-5-15(18)19-7-11;/h2-9H,1H3,(H,20,22)(H,21,23);1H.